The second-order valence-corrected chi connectivity index (χ2v) is 7.72. The molecule has 0 saturated carbocycles. The summed E-state index contributed by atoms with van der Waals surface area (Å²) in [5.41, 5.74) is 4.22. The molecule has 0 spiro atoms. The first-order valence-electron chi connectivity index (χ1n) is 9.91. The fourth-order valence-electron chi connectivity index (χ4n) is 4.31. The minimum Gasteiger partial charge on any atom is -0.393 e. The summed E-state index contributed by atoms with van der Waals surface area (Å²) in [6.07, 6.45) is 2.84. The number of amides is 1. The van der Waals surface area contributed by atoms with E-state index in [1.54, 1.807) is 11.2 Å². The molecule has 1 unspecified atom stereocenters. The van der Waals surface area contributed by atoms with Gasteiger partial charge >= 0.3 is 0 Å². The van der Waals surface area contributed by atoms with Gasteiger partial charge in [-0.15, -0.1) is 0 Å². The Bertz CT molecular complexity index is 1070. The molecule has 2 saturated heterocycles. The minimum atomic E-state index is -0.611. The maximum Gasteiger partial charge on any atom is 0.235 e. The fourth-order valence-corrected chi connectivity index (χ4v) is 4.31. The molecule has 2 aliphatic heterocycles. The van der Waals surface area contributed by atoms with E-state index in [0.717, 1.165) is 48.2 Å². The summed E-state index contributed by atoms with van der Waals surface area (Å²) in [5, 5.41) is 9.70. The number of aromatic nitrogens is 2. The number of piperidine rings is 1. The molecule has 2 aromatic carbocycles. The summed E-state index contributed by atoms with van der Waals surface area (Å²) in [4.78, 5) is 36.4. The predicted molar refractivity (Wildman–Crippen MR) is 110 cm³/mol. The summed E-state index contributed by atoms with van der Waals surface area (Å²) in [6.45, 7) is 1.63. The Morgan fingerprint density at radius 3 is 2.48 bits per heavy atom. The Kier molecular flexibility index (Phi) is 4.32. The van der Waals surface area contributed by atoms with Crippen LogP contribution in [0, 0.1) is 0 Å². The van der Waals surface area contributed by atoms with E-state index in [-0.39, 0.29) is 24.2 Å². The van der Waals surface area contributed by atoms with E-state index in [2.05, 4.69) is 14.9 Å². The number of nitrogens with one attached hydrogen (secondary N) is 1. The fraction of sp³-hybridized carbons (Fsp3) is 0.318. The molecule has 3 aromatic rings. The smallest absolute Gasteiger partial charge is 0.235 e. The van der Waals surface area contributed by atoms with Crippen LogP contribution in [0.4, 0.5) is 11.4 Å². The van der Waals surface area contributed by atoms with Gasteiger partial charge in [0.25, 0.3) is 0 Å². The van der Waals surface area contributed by atoms with Gasteiger partial charge in [0.2, 0.25) is 5.91 Å². The van der Waals surface area contributed by atoms with Crippen molar-refractivity contribution in [1.82, 2.24) is 9.97 Å². The molecule has 0 aliphatic carbocycles. The second-order valence-electron chi connectivity index (χ2n) is 7.72. The first-order valence-corrected chi connectivity index (χ1v) is 9.91. The number of imidazole rings is 1. The van der Waals surface area contributed by atoms with Crippen LogP contribution < -0.4 is 9.80 Å². The number of carbonyl (C=O) groups excluding carboxylic acids is 2. The lowest BCUT2D eigenvalue weighted by Crippen LogP contribution is -2.35. The zero-order chi connectivity index (χ0) is 20.0. The molecule has 29 heavy (non-hydrogen) atoms. The van der Waals surface area contributed by atoms with Crippen LogP contribution in [-0.2, 0) is 9.59 Å². The topological polar surface area (TPSA) is 89.5 Å². The number of Topliss-reactive ketones (excluding diaryl/α,β-unsaturated/α-hetero) is 1. The summed E-state index contributed by atoms with van der Waals surface area (Å²) < 4.78 is 0. The second kappa shape index (κ2) is 7.00. The van der Waals surface area contributed by atoms with Crippen LogP contribution in [0.3, 0.4) is 0 Å². The van der Waals surface area contributed by atoms with Crippen LogP contribution in [0.2, 0.25) is 0 Å². The number of aliphatic hydroxyl groups is 1. The van der Waals surface area contributed by atoms with E-state index in [9.17, 15) is 14.7 Å². The third kappa shape index (κ3) is 3.17. The molecule has 2 aliphatic rings. The van der Waals surface area contributed by atoms with Crippen molar-refractivity contribution in [1.29, 1.82) is 0 Å². The van der Waals surface area contributed by atoms with E-state index < -0.39 is 6.04 Å². The number of hydrogen-bond acceptors (Lipinski definition) is 5. The van der Waals surface area contributed by atoms with Crippen molar-refractivity contribution >= 4 is 34.1 Å². The van der Waals surface area contributed by atoms with Crippen LogP contribution in [0.15, 0.2) is 48.8 Å². The molecule has 148 valence electrons. The molecule has 0 radical (unpaired) electrons. The molecular formula is C22H22N4O3. The van der Waals surface area contributed by atoms with Crippen molar-refractivity contribution < 1.29 is 14.7 Å². The van der Waals surface area contributed by atoms with Gasteiger partial charge in [-0.2, -0.15) is 0 Å². The van der Waals surface area contributed by atoms with Crippen LogP contribution >= 0.6 is 0 Å². The number of nitrogens with zero attached hydrogens (tertiary/aromatic N) is 3. The predicted octanol–water partition coefficient (Wildman–Crippen LogP) is 2.57. The molecule has 2 N–H and O–H groups in total. The van der Waals surface area contributed by atoms with Crippen molar-refractivity contribution in [3.05, 3.63) is 54.4 Å². The van der Waals surface area contributed by atoms with Crippen molar-refractivity contribution in [2.45, 2.75) is 31.4 Å². The van der Waals surface area contributed by atoms with Crippen LogP contribution in [0.1, 0.15) is 30.9 Å². The summed E-state index contributed by atoms with van der Waals surface area (Å²) in [7, 11) is 0. The van der Waals surface area contributed by atoms with E-state index in [0.29, 0.717) is 5.69 Å². The largest absolute Gasteiger partial charge is 0.393 e. The molecule has 0 bridgehead atoms. The zero-order valence-corrected chi connectivity index (χ0v) is 15.9. The highest BCUT2D eigenvalue weighted by molar-refractivity contribution is 6.17. The van der Waals surface area contributed by atoms with Crippen molar-refractivity contribution in [3.8, 4) is 0 Å². The normalized spacial score (nSPS) is 20.8. The molecule has 2 fully saturated rings. The number of carbonyl (C=O) groups is 2. The number of aliphatic hydroxyl groups excluding tert-OH is 1. The highest BCUT2D eigenvalue weighted by Crippen LogP contribution is 2.36. The Morgan fingerprint density at radius 1 is 1.00 bits per heavy atom. The molecule has 1 atom stereocenters. The first-order chi connectivity index (χ1) is 14.1. The number of rotatable bonds is 3. The van der Waals surface area contributed by atoms with Gasteiger partial charge < -0.3 is 15.0 Å². The maximum absolute atomic E-state index is 12.7. The third-order valence-electron chi connectivity index (χ3n) is 5.88. The van der Waals surface area contributed by atoms with Gasteiger partial charge in [0.15, 0.2) is 5.78 Å². The number of benzene rings is 2. The van der Waals surface area contributed by atoms with Gasteiger partial charge in [0.1, 0.15) is 6.04 Å². The highest BCUT2D eigenvalue weighted by atomic mass is 16.3. The number of ketones is 1. The van der Waals surface area contributed by atoms with Gasteiger partial charge in [-0.25, -0.2) is 4.98 Å². The van der Waals surface area contributed by atoms with E-state index in [1.807, 2.05) is 42.5 Å². The average molecular weight is 390 g/mol. The SMILES string of the molecule is O=C1CC(=O)N(c2ccc3nc[nH]c3c2)C1c1ccc(N2CCC(O)CC2)cc1. The van der Waals surface area contributed by atoms with Crippen molar-refractivity contribution in [2.24, 2.45) is 0 Å². The molecule has 5 rings (SSSR count). The Labute approximate surface area is 168 Å². The summed E-state index contributed by atoms with van der Waals surface area (Å²) >= 11 is 0. The van der Waals surface area contributed by atoms with E-state index >= 15 is 0 Å². The van der Waals surface area contributed by atoms with Crippen LogP contribution in [-0.4, -0.2) is 46.0 Å². The lowest BCUT2D eigenvalue weighted by Gasteiger charge is -2.32. The van der Waals surface area contributed by atoms with Gasteiger partial charge in [-0.05, 0) is 48.7 Å². The zero-order valence-electron chi connectivity index (χ0n) is 15.9. The average Bonchev–Trinajstić information content (AvgIpc) is 3.31. The molecule has 7 nitrogen and oxygen atoms in total. The van der Waals surface area contributed by atoms with Crippen LogP contribution in [0.5, 0.6) is 0 Å². The minimum absolute atomic E-state index is 0.0859. The van der Waals surface area contributed by atoms with Gasteiger partial charge in [0, 0.05) is 24.5 Å². The number of fused-ring (bicyclic) bond motifs is 1. The van der Waals surface area contributed by atoms with Gasteiger partial charge in [-0.1, -0.05) is 12.1 Å². The lowest BCUT2D eigenvalue weighted by molar-refractivity contribution is -0.121. The molecule has 1 amide bonds. The lowest BCUT2D eigenvalue weighted by atomic mass is 10.0. The molecule has 3 heterocycles. The maximum atomic E-state index is 12.7. The highest BCUT2D eigenvalue weighted by Gasteiger charge is 2.40. The van der Waals surface area contributed by atoms with Gasteiger partial charge in [-0.3, -0.25) is 14.5 Å². The van der Waals surface area contributed by atoms with E-state index in [4.69, 9.17) is 0 Å². The van der Waals surface area contributed by atoms with Crippen LogP contribution in [0.25, 0.3) is 11.0 Å². The molecular weight excluding hydrogens is 368 g/mol. The standard InChI is InChI=1S/C22H22N4O3/c27-17-7-9-25(10-8-17)15-3-1-14(2-4-15)22-20(28)12-21(29)26(22)16-5-6-18-19(11-16)24-13-23-18/h1-6,11,13,17,22,27H,7-10,12H2,(H,23,24). The number of hydrogen-bond donors (Lipinski definition) is 2. The Balaban J connectivity index is 1.44. The Hall–Kier alpha value is -3.19. The summed E-state index contributed by atoms with van der Waals surface area (Å²) in [6, 6.07) is 12.8. The Morgan fingerprint density at radius 2 is 1.72 bits per heavy atom. The van der Waals surface area contributed by atoms with E-state index in [1.165, 1.54) is 0 Å². The number of H-pyrrole nitrogens is 1. The first kappa shape index (κ1) is 17.9. The van der Waals surface area contributed by atoms with Gasteiger partial charge in [0.05, 0.1) is 29.9 Å². The molecule has 7 heteroatoms. The van der Waals surface area contributed by atoms with Crippen molar-refractivity contribution in [3.63, 3.8) is 0 Å². The quantitative estimate of drug-likeness (QED) is 0.671. The third-order valence-corrected chi connectivity index (χ3v) is 5.88. The number of anilines is 2. The monoisotopic (exact) mass is 390 g/mol. The number of aromatic amines is 1. The molecule has 1 aromatic heterocycles. The summed E-state index contributed by atoms with van der Waals surface area (Å²) in [5.74, 6) is -0.276. The van der Waals surface area contributed by atoms with Crippen molar-refractivity contribution in [2.75, 3.05) is 22.9 Å².